The van der Waals surface area contributed by atoms with Crippen LogP contribution in [-0.4, -0.2) is 115 Å². The minimum absolute atomic E-state index is 0.0282. The molecule has 11 heteroatoms. The molecule has 1 heterocycles. The van der Waals surface area contributed by atoms with E-state index in [2.05, 4.69) is 24.5 Å². The van der Waals surface area contributed by atoms with Crippen LogP contribution in [0.25, 0.3) is 0 Å². The fourth-order valence-corrected chi connectivity index (χ4v) is 8.32. The quantitative estimate of drug-likeness (QED) is 0.224. The third kappa shape index (κ3) is 10.7. The van der Waals surface area contributed by atoms with Crippen LogP contribution in [-0.2, 0) is 23.9 Å². The van der Waals surface area contributed by atoms with Gasteiger partial charge in [-0.2, -0.15) is 11.8 Å². The molecule has 10 nitrogen and oxygen atoms in total. The molecule has 0 aromatic heterocycles. The zero-order valence-corrected chi connectivity index (χ0v) is 32.3. The molecule has 2 rings (SSSR count). The van der Waals surface area contributed by atoms with E-state index in [4.69, 9.17) is 4.74 Å². The average molecular weight is 690 g/mol. The van der Waals surface area contributed by atoms with Gasteiger partial charge in [0.15, 0.2) is 0 Å². The lowest BCUT2D eigenvalue weighted by Gasteiger charge is -2.41. The molecule has 1 aromatic rings. The summed E-state index contributed by atoms with van der Waals surface area (Å²) in [6.07, 6.45) is 4.03. The lowest BCUT2D eigenvalue weighted by atomic mass is 9.89. The number of hydrogen-bond donors (Lipinski definition) is 2. The number of methoxy groups -OCH3 is 1. The number of ether oxygens (including phenoxy) is 1. The van der Waals surface area contributed by atoms with E-state index in [0.717, 1.165) is 24.9 Å². The van der Waals surface area contributed by atoms with E-state index < -0.39 is 18.2 Å². The third-order valence-electron chi connectivity index (χ3n) is 9.99. The van der Waals surface area contributed by atoms with Gasteiger partial charge in [0.1, 0.15) is 6.04 Å². The molecular formula is C37H63N5O5S. The number of carbonyl (C=O) groups excluding carboxylic acids is 4. The van der Waals surface area contributed by atoms with Gasteiger partial charge in [0.2, 0.25) is 23.6 Å². The number of likely N-dealkylation sites (tertiary alicyclic amines) is 1. The molecule has 48 heavy (non-hydrogen) atoms. The molecule has 0 bridgehead atoms. The number of carbonyl (C=O) groups is 4. The number of nitrogens with one attached hydrogen (secondary N) is 2. The fraction of sp³-hybridized carbons (Fsp3) is 0.730. The van der Waals surface area contributed by atoms with Crippen molar-refractivity contribution in [1.82, 2.24) is 20.0 Å². The monoisotopic (exact) mass is 689 g/mol. The van der Waals surface area contributed by atoms with Crippen LogP contribution in [0.4, 0.5) is 5.69 Å². The predicted molar refractivity (Wildman–Crippen MR) is 197 cm³/mol. The minimum atomic E-state index is -0.725. The second-order valence-corrected chi connectivity index (χ2v) is 15.3. The Hall–Kier alpha value is -2.63. The van der Waals surface area contributed by atoms with Crippen molar-refractivity contribution >= 4 is 41.1 Å². The highest BCUT2D eigenvalue weighted by Gasteiger charge is 2.42. The van der Waals surface area contributed by atoms with E-state index >= 15 is 0 Å². The summed E-state index contributed by atoms with van der Waals surface area (Å²) in [6, 6.07) is 7.85. The second kappa shape index (κ2) is 19.5. The van der Waals surface area contributed by atoms with Crippen molar-refractivity contribution in [2.75, 3.05) is 46.4 Å². The molecule has 0 saturated carbocycles. The van der Waals surface area contributed by atoms with E-state index in [-0.39, 0.29) is 71.1 Å². The summed E-state index contributed by atoms with van der Waals surface area (Å²) in [6.45, 7) is 14.6. The van der Waals surface area contributed by atoms with Crippen molar-refractivity contribution in [3.05, 3.63) is 30.3 Å². The van der Waals surface area contributed by atoms with Gasteiger partial charge in [0.25, 0.3) is 0 Å². The van der Waals surface area contributed by atoms with Crippen LogP contribution in [0.3, 0.4) is 0 Å². The first-order chi connectivity index (χ1) is 22.6. The van der Waals surface area contributed by atoms with Crippen molar-refractivity contribution in [3.63, 3.8) is 0 Å². The summed E-state index contributed by atoms with van der Waals surface area (Å²) in [5.74, 6) is -0.841. The van der Waals surface area contributed by atoms with Crippen LogP contribution in [0, 0.1) is 23.7 Å². The molecule has 272 valence electrons. The summed E-state index contributed by atoms with van der Waals surface area (Å²) < 4.78 is 6.03. The van der Waals surface area contributed by atoms with Gasteiger partial charge in [-0.15, -0.1) is 0 Å². The van der Waals surface area contributed by atoms with Crippen LogP contribution in [0.2, 0.25) is 0 Å². The molecule has 1 saturated heterocycles. The van der Waals surface area contributed by atoms with Gasteiger partial charge in [0.05, 0.1) is 24.6 Å². The van der Waals surface area contributed by atoms with Gasteiger partial charge >= 0.3 is 0 Å². The standard InChI is InChI=1S/C37H63N5O5S/c1-13-25(6)33(41(10)37(46)31(23(2)3)39-36(45)32(24(4)5)40(8)9)29(47-11)22-30(43)42-21-17-20-28(42)34(48-12)26(7)35(44)38-27-18-15-14-16-19-27/h14-16,18-19,23-26,28-29,31-34H,13,17,20-22H2,1-12H3,(H,38,44)(H,39,45). The predicted octanol–water partition coefficient (Wildman–Crippen LogP) is 4.99. The molecule has 8 atom stereocenters. The molecule has 0 radical (unpaired) electrons. The molecule has 0 aliphatic carbocycles. The van der Waals surface area contributed by atoms with Crippen LogP contribution in [0.15, 0.2) is 30.3 Å². The third-order valence-corrected chi connectivity index (χ3v) is 11.3. The Morgan fingerprint density at radius 2 is 1.60 bits per heavy atom. The van der Waals surface area contributed by atoms with E-state index in [1.807, 2.05) is 95.1 Å². The molecule has 0 spiro atoms. The van der Waals surface area contributed by atoms with E-state index in [1.54, 1.807) is 30.8 Å². The zero-order chi connectivity index (χ0) is 36.3. The fourth-order valence-electron chi connectivity index (χ4n) is 7.19. The van der Waals surface area contributed by atoms with E-state index in [9.17, 15) is 19.2 Å². The molecule has 1 fully saturated rings. The van der Waals surface area contributed by atoms with Crippen LogP contribution < -0.4 is 10.6 Å². The number of amides is 4. The lowest BCUT2D eigenvalue weighted by molar-refractivity contribution is -0.146. The highest BCUT2D eigenvalue weighted by Crippen LogP contribution is 2.33. The normalized spacial score (nSPS) is 19.4. The zero-order valence-electron chi connectivity index (χ0n) is 31.5. The Balaban J connectivity index is 2.27. The maximum absolute atomic E-state index is 14.2. The number of hydrogen-bond acceptors (Lipinski definition) is 7. The number of para-hydroxylation sites is 1. The van der Waals surface area contributed by atoms with Gasteiger partial charge < -0.3 is 25.2 Å². The Bertz CT molecular complexity index is 1170. The Morgan fingerprint density at radius 3 is 2.10 bits per heavy atom. The number of nitrogens with zero attached hydrogens (tertiary/aromatic N) is 3. The molecule has 1 aromatic carbocycles. The van der Waals surface area contributed by atoms with Crippen LogP contribution in [0.5, 0.6) is 0 Å². The van der Waals surface area contributed by atoms with Gasteiger partial charge in [0, 0.05) is 43.6 Å². The van der Waals surface area contributed by atoms with Crippen LogP contribution >= 0.6 is 11.8 Å². The summed E-state index contributed by atoms with van der Waals surface area (Å²) >= 11 is 1.62. The Labute approximate surface area is 294 Å². The highest BCUT2D eigenvalue weighted by atomic mass is 32.2. The number of rotatable bonds is 18. The van der Waals surface area contributed by atoms with Gasteiger partial charge in [-0.05, 0) is 63.1 Å². The first-order valence-corrected chi connectivity index (χ1v) is 18.8. The molecule has 2 N–H and O–H groups in total. The van der Waals surface area contributed by atoms with Gasteiger partial charge in [-0.25, -0.2) is 0 Å². The largest absolute Gasteiger partial charge is 0.379 e. The van der Waals surface area contributed by atoms with Gasteiger partial charge in [-0.1, -0.05) is 73.1 Å². The van der Waals surface area contributed by atoms with Crippen LogP contribution in [0.1, 0.15) is 74.1 Å². The van der Waals surface area contributed by atoms with Crippen molar-refractivity contribution in [1.29, 1.82) is 0 Å². The first-order valence-electron chi connectivity index (χ1n) is 17.5. The number of anilines is 1. The molecule has 1 aliphatic rings. The summed E-state index contributed by atoms with van der Waals surface area (Å²) in [5, 5.41) is 6.00. The smallest absolute Gasteiger partial charge is 0.245 e. The Kier molecular flexibility index (Phi) is 16.9. The minimum Gasteiger partial charge on any atom is -0.379 e. The number of thioether (sulfide) groups is 1. The second-order valence-electron chi connectivity index (χ2n) is 14.3. The summed E-state index contributed by atoms with van der Waals surface area (Å²) in [5.41, 5.74) is 0.753. The van der Waals surface area contributed by atoms with Gasteiger partial charge in [-0.3, -0.25) is 24.1 Å². The molecular weight excluding hydrogens is 627 g/mol. The van der Waals surface area contributed by atoms with Crippen molar-refractivity contribution in [2.24, 2.45) is 23.7 Å². The maximum atomic E-state index is 14.2. The first kappa shape index (κ1) is 41.5. The highest BCUT2D eigenvalue weighted by molar-refractivity contribution is 7.99. The maximum Gasteiger partial charge on any atom is 0.245 e. The van der Waals surface area contributed by atoms with Crippen molar-refractivity contribution in [3.8, 4) is 0 Å². The topological polar surface area (TPSA) is 111 Å². The Morgan fingerprint density at radius 1 is 0.979 bits per heavy atom. The van der Waals surface area contributed by atoms with Crippen molar-refractivity contribution in [2.45, 2.75) is 110 Å². The molecule has 4 amide bonds. The number of benzene rings is 1. The molecule has 8 unspecified atom stereocenters. The lowest BCUT2D eigenvalue weighted by Crippen LogP contribution is -2.59. The number of likely N-dealkylation sites (N-methyl/N-ethyl adjacent to an activating group) is 2. The molecule has 1 aliphatic heterocycles. The summed E-state index contributed by atoms with van der Waals surface area (Å²) in [7, 11) is 7.10. The summed E-state index contributed by atoms with van der Waals surface area (Å²) in [4.78, 5) is 60.4. The van der Waals surface area contributed by atoms with E-state index in [0.29, 0.717) is 6.54 Å². The van der Waals surface area contributed by atoms with E-state index in [1.165, 1.54) is 0 Å². The average Bonchev–Trinajstić information content (AvgIpc) is 3.52. The van der Waals surface area contributed by atoms with Crippen molar-refractivity contribution < 1.29 is 23.9 Å². The SMILES string of the molecule is CCC(C)C(C(CC(=O)N1CCCC1C(SC)C(C)C(=O)Nc1ccccc1)OC)N(C)C(=O)C(NC(=O)C(C(C)C)N(C)C)C(C)C.